The highest BCUT2D eigenvalue weighted by molar-refractivity contribution is 5.91. The molecular weight excluding hydrogens is 348 g/mol. The van der Waals surface area contributed by atoms with Gasteiger partial charge in [0, 0.05) is 25.0 Å². The first-order valence-corrected chi connectivity index (χ1v) is 10.5. The number of ketones is 1. The Morgan fingerprint density at radius 2 is 1.07 bits per heavy atom. The van der Waals surface area contributed by atoms with E-state index in [0.717, 1.165) is 24.0 Å². The van der Waals surface area contributed by atoms with Gasteiger partial charge in [0.05, 0.1) is 0 Å². The van der Waals surface area contributed by atoms with Gasteiger partial charge in [-0.05, 0) is 35.8 Å². The van der Waals surface area contributed by atoms with Crippen molar-refractivity contribution in [3.8, 4) is 0 Å². The van der Waals surface area contributed by atoms with Gasteiger partial charge in [0.2, 0.25) is 0 Å². The summed E-state index contributed by atoms with van der Waals surface area (Å²) in [5.41, 5.74) is 2.02. The summed E-state index contributed by atoms with van der Waals surface area (Å²) in [6, 6.07) is 19.8. The van der Waals surface area contributed by atoms with E-state index in [1.54, 1.807) is 0 Å². The van der Waals surface area contributed by atoms with E-state index in [4.69, 9.17) is 0 Å². The first-order valence-electron chi connectivity index (χ1n) is 10.5. The van der Waals surface area contributed by atoms with Crippen molar-refractivity contribution in [2.75, 3.05) is 13.2 Å². The monoisotopic (exact) mass is 382 g/mol. The molecule has 0 fully saturated rings. The van der Waals surface area contributed by atoms with Crippen LogP contribution in [0.2, 0.25) is 0 Å². The molecular formula is C25H34O3. The van der Waals surface area contributed by atoms with Crippen LogP contribution in [0.1, 0.15) is 62.5 Å². The van der Waals surface area contributed by atoms with Crippen molar-refractivity contribution in [1.82, 2.24) is 0 Å². The fraction of sp³-hybridized carbons (Fsp3) is 0.480. The molecule has 0 heterocycles. The van der Waals surface area contributed by atoms with Crippen molar-refractivity contribution < 1.29 is 15.0 Å². The quantitative estimate of drug-likeness (QED) is 0.547. The Bertz CT molecular complexity index is 616. The summed E-state index contributed by atoms with van der Waals surface area (Å²) >= 11 is 0. The van der Waals surface area contributed by atoms with Crippen LogP contribution in [0.4, 0.5) is 0 Å². The minimum Gasteiger partial charge on any atom is -0.396 e. The summed E-state index contributed by atoms with van der Waals surface area (Å²) in [5, 5.41) is 19.5. The fourth-order valence-electron chi connectivity index (χ4n) is 3.85. The highest BCUT2D eigenvalue weighted by atomic mass is 16.3. The lowest BCUT2D eigenvalue weighted by atomic mass is 9.75. The number of hydrogen-bond acceptors (Lipinski definition) is 3. The fourth-order valence-corrected chi connectivity index (χ4v) is 3.85. The van der Waals surface area contributed by atoms with Gasteiger partial charge in [-0.1, -0.05) is 87.4 Å². The molecule has 0 aliphatic heterocycles. The van der Waals surface area contributed by atoms with E-state index >= 15 is 0 Å². The van der Waals surface area contributed by atoms with E-state index in [9.17, 15) is 15.0 Å². The summed E-state index contributed by atoms with van der Waals surface area (Å²) in [7, 11) is 0. The van der Waals surface area contributed by atoms with Gasteiger partial charge in [-0.3, -0.25) is 4.79 Å². The first kappa shape index (κ1) is 22.3. The Labute approximate surface area is 169 Å². The predicted octanol–water partition coefficient (Wildman–Crippen LogP) is 4.94. The molecule has 3 nitrogen and oxygen atoms in total. The molecule has 4 atom stereocenters. The standard InChI is InChI=1S/C25H34O3/c1-3-19(17-26)15-23(21-11-7-5-8-12-21)25(28)24(16-20(4-2)18-27)22-13-9-6-10-14-22/h5-14,19-20,23-24,26-27H,3-4,15-18H2,1-2H3. The summed E-state index contributed by atoms with van der Waals surface area (Å²) in [5.74, 6) is -0.105. The molecule has 3 heteroatoms. The molecule has 152 valence electrons. The van der Waals surface area contributed by atoms with Gasteiger partial charge in [0.15, 0.2) is 0 Å². The van der Waals surface area contributed by atoms with E-state index in [1.165, 1.54) is 0 Å². The van der Waals surface area contributed by atoms with Crippen molar-refractivity contribution in [3.63, 3.8) is 0 Å². The Kier molecular flexibility index (Phi) is 9.39. The average molecular weight is 383 g/mol. The normalized spacial score (nSPS) is 15.6. The second-order valence-corrected chi connectivity index (χ2v) is 7.71. The van der Waals surface area contributed by atoms with Crippen LogP contribution >= 0.6 is 0 Å². The second-order valence-electron chi connectivity index (χ2n) is 7.71. The van der Waals surface area contributed by atoms with E-state index in [1.807, 2.05) is 60.7 Å². The number of benzene rings is 2. The summed E-state index contributed by atoms with van der Waals surface area (Å²) in [6.07, 6.45) is 2.98. The molecule has 0 amide bonds. The molecule has 28 heavy (non-hydrogen) atoms. The van der Waals surface area contributed by atoms with E-state index in [2.05, 4.69) is 13.8 Å². The molecule has 0 bridgehead atoms. The third-order valence-electron chi connectivity index (χ3n) is 5.90. The highest BCUT2D eigenvalue weighted by Gasteiger charge is 2.32. The van der Waals surface area contributed by atoms with Crippen LogP contribution in [0.5, 0.6) is 0 Å². The van der Waals surface area contributed by atoms with Gasteiger partial charge in [0.1, 0.15) is 5.78 Å². The van der Waals surface area contributed by atoms with Crippen molar-refractivity contribution >= 4 is 5.78 Å². The first-order chi connectivity index (χ1) is 13.6. The van der Waals surface area contributed by atoms with Gasteiger partial charge in [-0.2, -0.15) is 0 Å². The van der Waals surface area contributed by atoms with Gasteiger partial charge < -0.3 is 10.2 Å². The Morgan fingerprint density at radius 1 is 0.714 bits per heavy atom. The van der Waals surface area contributed by atoms with Crippen molar-refractivity contribution in [3.05, 3.63) is 71.8 Å². The molecule has 0 saturated carbocycles. The van der Waals surface area contributed by atoms with Gasteiger partial charge in [-0.15, -0.1) is 0 Å². The van der Waals surface area contributed by atoms with E-state index in [-0.39, 0.29) is 42.7 Å². The highest BCUT2D eigenvalue weighted by Crippen LogP contribution is 2.35. The topological polar surface area (TPSA) is 57.5 Å². The molecule has 2 aromatic rings. The minimum atomic E-state index is -0.250. The number of Topliss-reactive ketones (excluding diaryl/α,β-unsaturated/α-hetero) is 1. The van der Waals surface area contributed by atoms with Crippen molar-refractivity contribution in [2.45, 2.75) is 51.4 Å². The lowest BCUT2D eigenvalue weighted by Crippen LogP contribution is -2.26. The summed E-state index contributed by atoms with van der Waals surface area (Å²) < 4.78 is 0. The molecule has 2 aromatic carbocycles. The lowest BCUT2D eigenvalue weighted by Gasteiger charge is -2.28. The third-order valence-corrected chi connectivity index (χ3v) is 5.90. The van der Waals surface area contributed by atoms with E-state index in [0.29, 0.717) is 12.8 Å². The van der Waals surface area contributed by atoms with Gasteiger partial charge in [-0.25, -0.2) is 0 Å². The predicted molar refractivity (Wildman–Crippen MR) is 114 cm³/mol. The number of rotatable bonds is 12. The van der Waals surface area contributed by atoms with Crippen LogP contribution in [0.15, 0.2) is 60.7 Å². The molecule has 2 N–H and O–H groups in total. The zero-order valence-corrected chi connectivity index (χ0v) is 17.1. The lowest BCUT2D eigenvalue weighted by molar-refractivity contribution is -0.123. The molecule has 0 saturated heterocycles. The molecule has 0 spiro atoms. The van der Waals surface area contributed by atoms with Crippen LogP contribution in [-0.2, 0) is 4.79 Å². The Hall–Kier alpha value is -1.97. The van der Waals surface area contributed by atoms with Crippen LogP contribution in [0.3, 0.4) is 0 Å². The molecule has 4 unspecified atom stereocenters. The molecule has 0 aromatic heterocycles. The van der Waals surface area contributed by atoms with Crippen LogP contribution in [0, 0.1) is 11.8 Å². The Balaban J connectivity index is 2.40. The number of aliphatic hydroxyl groups is 2. The third kappa shape index (κ3) is 6.02. The largest absolute Gasteiger partial charge is 0.396 e. The van der Waals surface area contributed by atoms with Gasteiger partial charge >= 0.3 is 0 Å². The van der Waals surface area contributed by atoms with Crippen LogP contribution in [0.25, 0.3) is 0 Å². The smallest absolute Gasteiger partial charge is 0.147 e. The van der Waals surface area contributed by atoms with Crippen LogP contribution in [-0.4, -0.2) is 29.2 Å². The van der Waals surface area contributed by atoms with E-state index < -0.39 is 0 Å². The maximum atomic E-state index is 13.8. The van der Waals surface area contributed by atoms with Crippen molar-refractivity contribution in [1.29, 1.82) is 0 Å². The summed E-state index contributed by atoms with van der Waals surface area (Å²) in [6.45, 7) is 4.30. The molecule has 0 aliphatic carbocycles. The number of aliphatic hydroxyl groups excluding tert-OH is 2. The zero-order valence-electron chi connectivity index (χ0n) is 17.1. The Morgan fingerprint density at radius 3 is 1.36 bits per heavy atom. The summed E-state index contributed by atoms with van der Waals surface area (Å²) in [4.78, 5) is 13.8. The van der Waals surface area contributed by atoms with Crippen LogP contribution < -0.4 is 0 Å². The molecule has 2 rings (SSSR count). The second kappa shape index (κ2) is 11.8. The zero-order chi connectivity index (χ0) is 20.4. The van der Waals surface area contributed by atoms with Crippen molar-refractivity contribution in [2.24, 2.45) is 11.8 Å². The SMILES string of the molecule is CCC(CO)CC(C(=O)C(CC(CC)CO)c1ccccc1)c1ccccc1. The number of carbonyl (C=O) groups is 1. The molecule has 0 radical (unpaired) electrons. The average Bonchev–Trinajstić information content (AvgIpc) is 2.76. The number of carbonyl (C=O) groups excluding carboxylic acids is 1. The van der Waals surface area contributed by atoms with Gasteiger partial charge in [0.25, 0.3) is 0 Å². The number of hydrogen-bond donors (Lipinski definition) is 2. The molecule has 0 aliphatic rings. The minimum absolute atomic E-state index is 0.0946. The maximum absolute atomic E-state index is 13.8. The maximum Gasteiger partial charge on any atom is 0.147 e.